The first-order valence-electron chi connectivity index (χ1n) is 7.49. The zero-order valence-corrected chi connectivity index (χ0v) is 15.9. The number of halogens is 1. The monoisotopic (exact) mass is 422 g/mol. The molecule has 1 aliphatic rings. The van der Waals surface area contributed by atoms with Gasteiger partial charge < -0.3 is 24.3 Å². The minimum atomic E-state index is 0. The van der Waals surface area contributed by atoms with Crippen LogP contribution in [0.3, 0.4) is 0 Å². The first-order chi connectivity index (χ1) is 10.2. The second-order valence-corrected chi connectivity index (χ2v) is 5.23. The summed E-state index contributed by atoms with van der Waals surface area (Å²) in [6.45, 7) is 6.34. The second kappa shape index (κ2) is 10.1. The van der Waals surface area contributed by atoms with Gasteiger partial charge in [0.05, 0.1) is 32.9 Å². The Morgan fingerprint density at radius 3 is 2.91 bits per heavy atom. The van der Waals surface area contributed by atoms with E-state index in [1.54, 1.807) is 0 Å². The summed E-state index contributed by atoms with van der Waals surface area (Å²) in [6.07, 6.45) is 2.12. The average molecular weight is 422 g/mol. The number of nitrogens with one attached hydrogen (secondary N) is 1. The first kappa shape index (κ1) is 19.2. The number of aromatic nitrogens is 1. The molecule has 1 atom stereocenters. The fraction of sp³-hybridized carbons (Fsp3) is 0.667. The summed E-state index contributed by atoms with van der Waals surface area (Å²) in [4.78, 5) is 6.79. The van der Waals surface area contributed by atoms with E-state index in [0.717, 1.165) is 19.0 Å². The molecule has 1 unspecified atom stereocenters. The van der Waals surface area contributed by atoms with E-state index in [1.165, 1.54) is 5.69 Å². The molecule has 22 heavy (non-hydrogen) atoms. The van der Waals surface area contributed by atoms with Gasteiger partial charge in [0.25, 0.3) is 0 Å². The van der Waals surface area contributed by atoms with Crippen molar-refractivity contribution in [2.45, 2.75) is 19.6 Å². The number of aryl methyl sites for hydroxylation is 1. The van der Waals surface area contributed by atoms with Gasteiger partial charge in [0, 0.05) is 32.5 Å². The van der Waals surface area contributed by atoms with E-state index < -0.39 is 0 Å². The standard InChI is InChI=1S/C15H26N4O2.HI/c1-4-16-15(17-10-14-12-20-8-9-21-14)19(3)11-13-6-5-7-18(13)2;/h5-7,14H,4,8-12H2,1-3H3,(H,16,17);1H. The number of hydrogen-bond donors (Lipinski definition) is 1. The largest absolute Gasteiger partial charge is 0.376 e. The molecule has 0 saturated carbocycles. The van der Waals surface area contributed by atoms with Crippen molar-refractivity contribution in [3.8, 4) is 0 Å². The highest BCUT2D eigenvalue weighted by atomic mass is 127. The molecule has 1 aliphatic heterocycles. The highest BCUT2D eigenvalue weighted by molar-refractivity contribution is 14.0. The van der Waals surface area contributed by atoms with Gasteiger partial charge in [-0.1, -0.05) is 0 Å². The molecule has 6 nitrogen and oxygen atoms in total. The van der Waals surface area contributed by atoms with Crippen LogP contribution >= 0.6 is 24.0 Å². The van der Waals surface area contributed by atoms with Crippen LogP contribution in [0.4, 0.5) is 0 Å². The van der Waals surface area contributed by atoms with Crippen LogP contribution in [0.15, 0.2) is 23.3 Å². The van der Waals surface area contributed by atoms with Crippen molar-refractivity contribution in [3.05, 3.63) is 24.0 Å². The molecule has 0 spiro atoms. The zero-order valence-electron chi connectivity index (χ0n) is 13.6. The third-order valence-corrected chi connectivity index (χ3v) is 3.48. The summed E-state index contributed by atoms with van der Waals surface area (Å²) in [5.41, 5.74) is 1.25. The highest BCUT2D eigenvalue weighted by Gasteiger charge is 2.15. The van der Waals surface area contributed by atoms with Gasteiger partial charge in [-0.05, 0) is 19.1 Å². The Balaban J connectivity index is 0.00000242. The lowest BCUT2D eigenvalue weighted by Gasteiger charge is -2.25. The van der Waals surface area contributed by atoms with Crippen LogP contribution < -0.4 is 5.32 Å². The van der Waals surface area contributed by atoms with Crippen molar-refractivity contribution < 1.29 is 9.47 Å². The molecule has 2 rings (SSSR count). The number of rotatable bonds is 5. The SMILES string of the molecule is CCNC(=NCC1COCCO1)N(C)Cc1cccn1C.I. The predicted molar refractivity (Wildman–Crippen MR) is 98.8 cm³/mol. The van der Waals surface area contributed by atoms with Crippen LogP contribution in [-0.2, 0) is 23.1 Å². The Bertz CT molecular complexity index is 458. The van der Waals surface area contributed by atoms with Gasteiger partial charge in [-0.3, -0.25) is 4.99 Å². The van der Waals surface area contributed by atoms with Gasteiger partial charge in [-0.2, -0.15) is 0 Å². The molecular weight excluding hydrogens is 395 g/mol. The number of ether oxygens (including phenoxy) is 2. The fourth-order valence-electron chi connectivity index (χ4n) is 2.28. The molecule has 1 fully saturated rings. The summed E-state index contributed by atoms with van der Waals surface area (Å²) in [5.74, 6) is 0.896. The minimum Gasteiger partial charge on any atom is -0.376 e. The van der Waals surface area contributed by atoms with Crippen LogP contribution in [-0.4, -0.2) is 61.5 Å². The molecule has 0 bridgehead atoms. The van der Waals surface area contributed by atoms with Gasteiger partial charge in [0.1, 0.15) is 6.10 Å². The van der Waals surface area contributed by atoms with E-state index in [0.29, 0.717) is 26.4 Å². The number of nitrogens with zero attached hydrogens (tertiary/aromatic N) is 3. The van der Waals surface area contributed by atoms with Crippen molar-refractivity contribution >= 4 is 29.9 Å². The smallest absolute Gasteiger partial charge is 0.194 e. The fourth-order valence-corrected chi connectivity index (χ4v) is 2.28. The molecule has 1 aromatic heterocycles. The Morgan fingerprint density at radius 2 is 2.32 bits per heavy atom. The normalized spacial score (nSPS) is 18.7. The van der Waals surface area contributed by atoms with Crippen molar-refractivity contribution in [1.82, 2.24) is 14.8 Å². The van der Waals surface area contributed by atoms with E-state index in [9.17, 15) is 0 Å². The van der Waals surface area contributed by atoms with Crippen molar-refractivity contribution in [2.24, 2.45) is 12.0 Å². The number of aliphatic imine (C=N–C) groups is 1. The maximum Gasteiger partial charge on any atom is 0.194 e. The lowest BCUT2D eigenvalue weighted by atomic mass is 10.3. The molecule has 0 radical (unpaired) electrons. The number of hydrogen-bond acceptors (Lipinski definition) is 3. The van der Waals surface area contributed by atoms with Gasteiger partial charge in [-0.25, -0.2) is 0 Å². The van der Waals surface area contributed by atoms with Gasteiger partial charge in [0.15, 0.2) is 5.96 Å². The zero-order chi connectivity index (χ0) is 15.1. The molecule has 7 heteroatoms. The lowest BCUT2D eigenvalue weighted by molar-refractivity contribution is -0.0833. The third kappa shape index (κ3) is 5.77. The third-order valence-electron chi connectivity index (χ3n) is 3.48. The van der Waals surface area contributed by atoms with Crippen molar-refractivity contribution in [2.75, 3.05) is 40.0 Å². The van der Waals surface area contributed by atoms with E-state index >= 15 is 0 Å². The van der Waals surface area contributed by atoms with Crippen LogP contribution in [0.25, 0.3) is 0 Å². The van der Waals surface area contributed by atoms with Crippen LogP contribution in [0.5, 0.6) is 0 Å². The minimum absolute atomic E-state index is 0. The van der Waals surface area contributed by atoms with Crippen LogP contribution in [0.2, 0.25) is 0 Å². The Morgan fingerprint density at radius 1 is 1.50 bits per heavy atom. The summed E-state index contributed by atoms with van der Waals surface area (Å²) in [6, 6.07) is 4.18. The predicted octanol–water partition coefficient (Wildman–Crippen LogP) is 1.46. The van der Waals surface area contributed by atoms with Gasteiger partial charge >= 0.3 is 0 Å². The van der Waals surface area contributed by atoms with Gasteiger partial charge in [0.2, 0.25) is 0 Å². The summed E-state index contributed by atoms with van der Waals surface area (Å²) >= 11 is 0. The van der Waals surface area contributed by atoms with E-state index in [4.69, 9.17) is 9.47 Å². The van der Waals surface area contributed by atoms with Crippen molar-refractivity contribution in [3.63, 3.8) is 0 Å². The molecule has 1 N–H and O–H groups in total. The molecule has 1 aromatic rings. The molecule has 0 amide bonds. The molecule has 0 aliphatic carbocycles. The Kier molecular flexibility index (Phi) is 8.81. The number of guanidine groups is 1. The maximum absolute atomic E-state index is 5.63. The highest BCUT2D eigenvalue weighted by Crippen LogP contribution is 2.05. The Labute approximate surface area is 149 Å². The van der Waals surface area contributed by atoms with E-state index in [1.807, 2.05) is 7.05 Å². The lowest BCUT2D eigenvalue weighted by Crippen LogP contribution is -2.40. The molecule has 2 heterocycles. The topological polar surface area (TPSA) is 51.0 Å². The van der Waals surface area contributed by atoms with Gasteiger partial charge in [-0.15, -0.1) is 24.0 Å². The average Bonchev–Trinajstić information content (AvgIpc) is 2.89. The summed E-state index contributed by atoms with van der Waals surface area (Å²) < 4.78 is 13.2. The summed E-state index contributed by atoms with van der Waals surface area (Å²) in [5, 5.41) is 3.32. The molecule has 0 aromatic carbocycles. The molecular formula is C15H27IN4O2. The quantitative estimate of drug-likeness (QED) is 0.444. The maximum atomic E-state index is 5.63. The first-order valence-corrected chi connectivity index (χ1v) is 7.49. The second-order valence-electron chi connectivity index (χ2n) is 5.23. The molecule has 1 saturated heterocycles. The van der Waals surface area contributed by atoms with E-state index in [2.05, 4.69) is 52.1 Å². The van der Waals surface area contributed by atoms with E-state index in [-0.39, 0.29) is 30.1 Å². The molecule has 126 valence electrons. The van der Waals surface area contributed by atoms with Crippen LogP contribution in [0.1, 0.15) is 12.6 Å². The Hall–Kier alpha value is -0.800. The summed E-state index contributed by atoms with van der Waals surface area (Å²) in [7, 11) is 4.10. The van der Waals surface area contributed by atoms with Crippen LogP contribution in [0, 0.1) is 0 Å². The van der Waals surface area contributed by atoms with Crippen molar-refractivity contribution in [1.29, 1.82) is 0 Å².